The molecule has 0 bridgehead atoms. The molecule has 0 saturated heterocycles. The summed E-state index contributed by atoms with van der Waals surface area (Å²) in [4.78, 5) is 0. The number of amidine groups is 1. The van der Waals surface area contributed by atoms with Crippen LogP contribution in [-0.2, 0) is 5.75 Å². The van der Waals surface area contributed by atoms with Crippen molar-refractivity contribution < 1.29 is 4.74 Å². The molecule has 6 heteroatoms. The zero-order valence-corrected chi connectivity index (χ0v) is 15.8. The van der Waals surface area contributed by atoms with Crippen LogP contribution in [0.1, 0.15) is 11.1 Å². The summed E-state index contributed by atoms with van der Waals surface area (Å²) in [5.41, 5.74) is 7.96. The molecule has 2 N–H and O–H groups in total. The molecule has 122 valence electrons. The molecule has 0 aliphatic rings. The number of benzene rings is 2. The second kappa shape index (κ2) is 10.0. The summed E-state index contributed by atoms with van der Waals surface area (Å²) in [5, 5.41) is 8.46. The summed E-state index contributed by atoms with van der Waals surface area (Å²) < 4.78 is 6.38. The van der Waals surface area contributed by atoms with E-state index in [1.54, 1.807) is 6.21 Å². The van der Waals surface area contributed by atoms with Gasteiger partial charge in [0.05, 0.1) is 9.78 Å². The molecule has 0 unspecified atom stereocenters. The Balaban J connectivity index is 1.90. The predicted molar refractivity (Wildman–Crippen MR) is 110 cm³/mol. The van der Waals surface area contributed by atoms with Crippen molar-refractivity contribution in [2.24, 2.45) is 15.9 Å². The van der Waals surface area contributed by atoms with E-state index >= 15 is 0 Å². The molecule has 0 aromatic heterocycles. The van der Waals surface area contributed by atoms with Crippen LogP contribution in [-0.4, -0.2) is 18.0 Å². The quantitative estimate of drug-likeness (QED) is 0.239. The Bertz CT molecular complexity index is 770. The first-order valence-electron chi connectivity index (χ1n) is 7.08. The molecule has 2 aromatic rings. The van der Waals surface area contributed by atoms with Gasteiger partial charge in [0.1, 0.15) is 12.4 Å². The first-order chi connectivity index (χ1) is 11.7. The van der Waals surface area contributed by atoms with Crippen LogP contribution in [0.5, 0.6) is 5.75 Å². The highest BCUT2D eigenvalue weighted by Gasteiger charge is 2.01. The molecule has 0 spiro atoms. The van der Waals surface area contributed by atoms with E-state index in [2.05, 4.69) is 50.8 Å². The highest BCUT2D eigenvalue weighted by molar-refractivity contribution is 14.1. The van der Waals surface area contributed by atoms with Crippen molar-refractivity contribution in [3.63, 3.8) is 0 Å². The Morgan fingerprint density at radius 3 is 2.79 bits per heavy atom. The first kappa shape index (κ1) is 18.4. The van der Waals surface area contributed by atoms with Crippen molar-refractivity contribution in [2.75, 3.05) is 6.61 Å². The second-order valence-electron chi connectivity index (χ2n) is 4.64. The molecule has 0 aliphatic carbocycles. The fraction of sp³-hybridized carbons (Fsp3) is 0.111. The zero-order valence-electron chi connectivity index (χ0n) is 12.9. The maximum Gasteiger partial charge on any atom is 0.180 e. The normalized spacial score (nSPS) is 11.4. The summed E-state index contributed by atoms with van der Waals surface area (Å²) in [5.74, 6) is 3.97. The van der Waals surface area contributed by atoms with Gasteiger partial charge in [-0.25, -0.2) is 0 Å². The van der Waals surface area contributed by atoms with E-state index in [1.807, 2.05) is 36.4 Å². The van der Waals surface area contributed by atoms with Crippen molar-refractivity contribution >= 4 is 45.7 Å². The Labute approximate surface area is 159 Å². The van der Waals surface area contributed by atoms with Crippen molar-refractivity contribution in [1.82, 2.24) is 0 Å². The van der Waals surface area contributed by atoms with E-state index in [4.69, 9.17) is 16.9 Å². The van der Waals surface area contributed by atoms with Gasteiger partial charge < -0.3 is 10.5 Å². The minimum atomic E-state index is 0.253. The van der Waals surface area contributed by atoms with Crippen LogP contribution in [0, 0.1) is 15.9 Å². The van der Waals surface area contributed by atoms with Gasteiger partial charge in [-0.1, -0.05) is 48.0 Å². The van der Waals surface area contributed by atoms with Crippen LogP contribution < -0.4 is 10.5 Å². The molecule has 0 saturated carbocycles. The van der Waals surface area contributed by atoms with Gasteiger partial charge in [-0.3, -0.25) is 0 Å². The van der Waals surface area contributed by atoms with Gasteiger partial charge in [0.25, 0.3) is 0 Å². The highest BCUT2D eigenvalue weighted by atomic mass is 127. The maximum absolute atomic E-state index is 5.85. The third-order valence-corrected chi connectivity index (χ3v) is 4.56. The molecular weight excluding hydrogens is 433 g/mol. The number of terminal acetylenes is 1. The number of rotatable bonds is 6. The molecule has 0 fully saturated rings. The van der Waals surface area contributed by atoms with E-state index < -0.39 is 0 Å². The SMILES string of the molecule is C#CCOc1ccc(C=NN=C(N)SCc2ccccc2)cc1I. The number of thioether (sulfide) groups is 1. The van der Waals surface area contributed by atoms with E-state index in [1.165, 1.54) is 17.3 Å². The van der Waals surface area contributed by atoms with Gasteiger partial charge in [-0.15, -0.1) is 11.5 Å². The number of hydrogen-bond donors (Lipinski definition) is 1. The van der Waals surface area contributed by atoms with E-state index in [9.17, 15) is 0 Å². The minimum Gasteiger partial charge on any atom is -0.480 e. The van der Waals surface area contributed by atoms with Crippen LogP contribution in [0.4, 0.5) is 0 Å². The molecule has 2 rings (SSSR count). The summed E-state index contributed by atoms with van der Waals surface area (Å²) >= 11 is 3.64. The van der Waals surface area contributed by atoms with Gasteiger partial charge in [-0.05, 0) is 51.9 Å². The van der Waals surface area contributed by atoms with Crippen LogP contribution in [0.25, 0.3) is 0 Å². The van der Waals surface area contributed by atoms with Crippen LogP contribution in [0.3, 0.4) is 0 Å². The summed E-state index contributed by atoms with van der Waals surface area (Å²) in [6.45, 7) is 0.253. The van der Waals surface area contributed by atoms with Crippen LogP contribution >= 0.6 is 34.4 Å². The number of ether oxygens (including phenoxy) is 1. The Hall–Kier alpha value is -1.98. The summed E-state index contributed by atoms with van der Waals surface area (Å²) in [6.07, 6.45) is 6.84. The largest absolute Gasteiger partial charge is 0.480 e. The lowest BCUT2D eigenvalue weighted by atomic mass is 10.2. The molecule has 0 atom stereocenters. The van der Waals surface area contributed by atoms with Crippen molar-refractivity contribution in [1.29, 1.82) is 0 Å². The number of hydrogen-bond acceptors (Lipinski definition) is 4. The molecule has 2 aromatic carbocycles. The Kier molecular flexibility index (Phi) is 7.65. The second-order valence-corrected chi connectivity index (χ2v) is 6.80. The van der Waals surface area contributed by atoms with Gasteiger partial charge in [0, 0.05) is 5.75 Å². The number of halogens is 1. The molecule has 0 radical (unpaired) electrons. The van der Waals surface area contributed by atoms with Crippen LogP contribution in [0.15, 0.2) is 58.7 Å². The van der Waals surface area contributed by atoms with E-state index in [0.29, 0.717) is 5.17 Å². The molecular formula is C18H16IN3OS. The van der Waals surface area contributed by atoms with Crippen molar-refractivity contribution in [3.05, 3.63) is 63.2 Å². The minimum absolute atomic E-state index is 0.253. The standard InChI is InChI=1S/C18H16IN3OS/c1-2-10-23-17-9-8-15(11-16(17)19)12-21-22-18(20)24-13-14-6-4-3-5-7-14/h1,3-9,11-12H,10,13H2,(H2,20,22). The highest BCUT2D eigenvalue weighted by Crippen LogP contribution is 2.21. The lowest BCUT2D eigenvalue weighted by Crippen LogP contribution is -2.06. The van der Waals surface area contributed by atoms with Gasteiger partial charge in [0.15, 0.2) is 5.17 Å². The fourth-order valence-corrected chi connectivity index (χ4v) is 3.05. The fourth-order valence-electron chi connectivity index (χ4n) is 1.75. The van der Waals surface area contributed by atoms with Crippen molar-refractivity contribution in [3.8, 4) is 18.1 Å². The van der Waals surface area contributed by atoms with Crippen LogP contribution in [0.2, 0.25) is 0 Å². The zero-order chi connectivity index (χ0) is 17.2. The number of nitrogens with two attached hydrogens (primary N) is 1. The topological polar surface area (TPSA) is 60.0 Å². The lowest BCUT2D eigenvalue weighted by molar-refractivity contribution is 0.368. The molecule has 4 nitrogen and oxygen atoms in total. The Morgan fingerprint density at radius 1 is 1.29 bits per heavy atom. The molecule has 0 heterocycles. The molecule has 0 amide bonds. The maximum atomic E-state index is 5.85. The first-order valence-corrected chi connectivity index (χ1v) is 9.14. The van der Waals surface area contributed by atoms with Crippen molar-refractivity contribution in [2.45, 2.75) is 5.75 Å². The predicted octanol–water partition coefficient (Wildman–Crippen LogP) is 3.89. The molecule has 0 aliphatic heterocycles. The Morgan fingerprint density at radius 2 is 2.08 bits per heavy atom. The summed E-state index contributed by atoms with van der Waals surface area (Å²) in [7, 11) is 0. The average Bonchev–Trinajstić information content (AvgIpc) is 2.60. The van der Waals surface area contributed by atoms with E-state index in [0.717, 1.165) is 20.6 Å². The van der Waals surface area contributed by atoms with Gasteiger partial charge in [-0.2, -0.15) is 5.10 Å². The van der Waals surface area contributed by atoms with Gasteiger partial charge in [0.2, 0.25) is 0 Å². The van der Waals surface area contributed by atoms with Gasteiger partial charge >= 0.3 is 0 Å². The number of nitrogens with zero attached hydrogens (tertiary/aromatic N) is 2. The third kappa shape index (κ3) is 6.26. The smallest absolute Gasteiger partial charge is 0.180 e. The lowest BCUT2D eigenvalue weighted by Gasteiger charge is -2.05. The van der Waals surface area contributed by atoms with E-state index in [-0.39, 0.29) is 6.61 Å². The third-order valence-electron chi connectivity index (χ3n) is 2.86. The molecule has 24 heavy (non-hydrogen) atoms. The summed E-state index contributed by atoms with van der Waals surface area (Å²) in [6, 6.07) is 15.8. The average molecular weight is 449 g/mol. The monoisotopic (exact) mass is 449 g/mol.